The second-order valence-electron chi connectivity index (χ2n) is 3.71. The number of benzene rings is 1. The number of ether oxygens (including phenoxy) is 1. The van der Waals surface area contributed by atoms with Crippen molar-refractivity contribution in [1.29, 1.82) is 0 Å². The number of carbonyl (C=O) groups is 2. The van der Waals surface area contributed by atoms with Crippen LogP contribution in [0.5, 0.6) is 0 Å². The molecule has 0 aliphatic rings. The van der Waals surface area contributed by atoms with Crippen LogP contribution in [0.15, 0.2) is 29.2 Å². The molecular weight excluding hydrogens is 274 g/mol. The standard InChI is InChI=1S/C11H13NO6S/c1-7-3-5-8(6-4-7)19(16,17)9(10(13)14)12-11(15)18-2/h3-6,9H,1-2H3,(H,12,15)(H,13,14). The molecule has 8 heteroatoms. The average molecular weight is 287 g/mol. The number of sulfone groups is 1. The van der Waals surface area contributed by atoms with Crippen LogP contribution in [0.4, 0.5) is 4.79 Å². The number of alkyl carbamates (subject to hydrolysis) is 1. The van der Waals surface area contributed by atoms with Gasteiger partial charge in [0.2, 0.25) is 15.2 Å². The van der Waals surface area contributed by atoms with Crippen LogP contribution < -0.4 is 5.32 Å². The molecule has 0 radical (unpaired) electrons. The Labute approximate surface area is 110 Å². The van der Waals surface area contributed by atoms with Crippen LogP contribution >= 0.6 is 0 Å². The SMILES string of the molecule is COC(=O)NC(C(=O)O)S(=O)(=O)c1ccc(C)cc1. The van der Waals surface area contributed by atoms with Gasteiger partial charge in [-0.05, 0) is 19.1 Å². The first-order chi connectivity index (χ1) is 8.78. The summed E-state index contributed by atoms with van der Waals surface area (Å²) < 4.78 is 28.4. The average Bonchev–Trinajstić information content (AvgIpc) is 2.35. The number of hydrogen-bond acceptors (Lipinski definition) is 5. The summed E-state index contributed by atoms with van der Waals surface area (Å²) in [6, 6.07) is 5.62. The van der Waals surface area contributed by atoms with Gasteiger partial charge in [-0.1, -0.05) is 17.7 Å². The lowest BCUT2D eigenvalue weighted by Gasteiger charge is -2.14. The highest BCUT2D eigenvalue weighted by atomic mass is 32.2. The minimum absolute atomic E-state index is 0.193. The second-order valence-corrected chi connectivity index (χ2v) is 5.75. The lowest BCUT2D eigenvalue weighted by atomic mass is 10.2. The number of carboxylic acids is 1. The third-order valence-electron chi connectivity index (χ3n) is 2.32. The van der Waals surface area contributed by atoms with Gasteiger partial charge in [0, 0.05) is 0 Å². The minimum Gasteiger partial charge on any atom is -0.479 e. The molecule has 0 spiro atoms. The zero-order valence-corrected chi connectivity index (χ0v) is 11.1. The molecule has 104 valence electrons. The van der Waals surface area contributed by atoms with Gasteiger partial charge in [0.1, 0.15) is 0 Å². The molecule has 7 nitrogen and oxygen atoms in total. The molecule has 2 N–H and O–H groups in total. The first-order valence-corrected chi connectivity index (χ1v) is 6.71. The topological polar surface area (TPSA) is 110 Å². The number of carboxylic acid groups (broad SMARTS) is 1. The first-order valence-electron chi connectivity index (χ1n) is 5.17. The fraction of sp³-hybridized carbons (Fsp3) is 0.273. The number of hydrogen-bond donors (Lipinski definition) is 2. The van der Waals surface area contributed by atoms with Gasteiger partial charge >= 0.3 is 12.1 Å². The molecule has 1 amide bonds. The van der Waals surface area contributed by atoms with Crippen LogP contribution in [-0.2, 0) is 19.4 Å². The van der Waals surface area contributed by atoms with E-state index in [0.29, 0.717) is 0 Å². The first kappa shape index (κ1) is 15.0. The summed E-state index contributed by atoms with van der Waals surface area (Å²) in [5, 5.41) is 8.60. The fourth-order valence-electron chi connectivity index (χ4n) is 1.30. The molecule has 0 saturated carbocycles. The highest BCUT2D eigenvalue weighted by molar-refractivity contribution is 7.92. The number of aliphatic carboxylic acids is 1. The van der Waals surface area contributed by atoms with Crippen LogP contribution in [-0.4, -0.2) is 38.1 Å². The molecule has 1 unspecified atom stereocenters. The van der Waals surface area contributed by atoms with Crippen LogP contribution in [0, 0.1) is 6.92 Å². The summed E-state index contributed by atoms with van der Waals surface area (Å²) in [7, 11) is -3.23. The van der Waals surface area contributed by atoms with E-state index in [9.17, 15) is 18.0 Å². The maximum absolute atomic E-state index is 12.1. The van der Waals surface area contributed by atoms with Crippen molar-refractivity contribution in [2.45, 2.75) is 17.2 Å². The van der Waals surface area contributed by atoms with Gasteiger partial charge in [0.05, 0.1) is 12.0 Å². The van der Waals surface area contributed by atoms with Gasteiger partial charge in [-0.15, -0.1) is 0 Å². The highest BCUT2D eigenvalue weighted by Gasteiger charge is 2.35. The predicted molar refractivity (Wildman–Crippen MR) is 65.3 cm³/mol. The summed E-state index contributed by atoms with van der Waals surface area (Å²) in [6.45, 7) is 1.76. The lowest BCUT2D eigenvalue weighted by Crippen LogP contribution is -2.46. The summed E-state index contributed by atoms with van der Waals surface area (Å²) in [6.07, 6.45) is -1.14. The van der Waals surface area contributed by atoms with Crippen molar-refractivity contribution >= 4 is 21.9 Å². The fourth-order valence-corrected chi connectivity index (χ4v) is 2.61. The molecule has 0 fully saturated rings. The summed E-state index contributed by atoms with van der Waals surface area (Å²) in [4.78, 5) is 21.8. The zero-order valence-electron chi connectivity index (χ0n) is 10.3. The Morgan fingerprint density at radius 2 is 1.79 bits per heavy atom. The second kappa shape index (κ2) is 5.70. The van der Waals surface area contributed by atoms with Crippen molar-refractivity contribution in [2.24, 2.45) is 0 Å². The minimum atomic E-state index is -4.23. The molecule has 0 bridgehead atoms. The van der Waals surface area contributed by atoms with Crippen molar-refractivity contribution in [1.82, 2.24) is 5.32 Å². The van der Waals surface area contributed by atoms with Gasteiger partial charge in [-0.3, -0.25) is 5.32 Å². The van der Waals surface area contributed by atoms with Crippen LogP contribution in [0.3, 0.4) is 0 Å². The Hall–Kier alpha value is -2.09. The normalized spacial score (nSPS) is 12.5. The van der Waals surface area contributed by atoms with Gasteiger partial charge in [0.25, 0.3) is 0 Å². The van der Waals surface area contributed by atoms with E-state index in [-0.39, 0.29) is 4.90 Å². The Bertz CT molecular complexity index is 578. The molecule has 1 aromatic carbocycles. The molecule has 0 saturated heterocycles. The summed E-state index contributed by atoms with van der Waals surface area (Å²) >= 11 is 0. The third kappa shape index (κ3) is 3.44. The predicted octanol–water partition coefficient (Wildman–Crippen LogP) is 0.535. The van der Waals surface area contributed by atoms with E-state index in [1.54, 1.807) is 12.2 Å². The maximum Gasteiger partial charge on any atom is 0.408 e. The molecule has 1 rings (SSSR count). The van der Waals surface area contributed by atoms with Crippen molar-refractivity contribution in [3.8, 4) is 0 Å². The number of nitrogens with one attached hydrogen (secondary N) is 1. The van der Waals surface area contributed by atoms with E-state index in [4.69, 9.17) is 5.11 Å². The number of amides is 1. The third-order valence-corrected chi connectivity index (χ3v) is 4.19. The zero-order chi connectivity index (χ0) is 14.6. The Kier molecular flexibility index (Phi) is 4.49. The van der Waals surface area contributed by atoms with Crippen molar-refractivity contribution in [2.75, 3.05) is 7.11 Å². The molecule has 1 aromatic rings. The van der Waals surface area contributed by atoms with E-state index < -0.39 is 27.3 Å². The number of aryl methyl sites for hydroxylation is 1. The van der Waals surface area contributed by atoms with Crippen LogP contribution in [0.1, 0.15) is 5.56 Å². The van der Waals surface area contributed by atoms with E-state index >= 15 is 0 Å². The van der Waals surface area contributed by atoms with E-state index in [1.165, 1.54) is 24.3 Å². The van der Waals surface area contributed by atoms with Gasteiger partial charge in [-0.25, -0.2) is 18.0 Å². The Balaban J connectivity index is 3.16. The largest absolute Gasteiger partial charge is 0.479 e. The van der Waals surface area contributed by atoms with Crippen LogP contribution in [0.25, 0.3) is 0 Å². The molecule has 0 aliphatic carbocycles. The van der Waals surface area contributed by atoms with E-state index in [1.807, 2.05) is 0 Å². The molecule has 1 atom stereocenters. The van der Waals surface area contributed by atoms with Gasteiger partial charge in [0.15, 0.2) is 0 Å². The smallest absolute Gasteiger partial charge is 0.408 e. The number of methoxy groups -OCH3 is 1. The van der Waals surface area contributed by atoms with Crippen LogP contribution in [0.2, 0.25) is 0 Å². The molecular formula is C11H13NO6S. The quantitative estimate of drug-likeness (QED) is 0.836. The van der Waals surface area contributed by atoms with Gasteiger partial charge in [-0.2, -0.15) is 0 Å². The molecule has 19 heavy (non-hydrogen) atoms. The molecule has 0 heterocycles. The summed E-state index contributed by atoms with van der Waals surface area (Å²) in [5.41, 5.74) is 0.826. The summed E-state index contributed by atoms with van der Waals surface area (Å²) in [5.74, 6) is -1.69. The maximum atomic E-state index is 12.1. The number of carbonyl (C=O) groups excluding carboxylic acids is 1. The lowest BCUT2D eigenvalue weighted by molar-refractivity contribution is -0.137. The van der Waals surface area contributed by atoms with Gasteiger partial charge < -0.3 is 9.84 Å². The van der Waals surface area contributed by atoms with Crippen molar-refractivity contribution < 1.29 is 27.9 Å². The van der Waals surface area contributed by atoms with Crippen molar-refractivity contribution in [3.63, 3.8) is 0 Å². The monoisotopic (exact) mass is 287 g/mol. The highest BCUT2D eigenvalue weighted by Crippen LogP contribution is 2.16. The Morgan fingerprint density at radius 1 is 1.26 bits per heavy atom. The van der Waals surface area contributed by atoms with Crippen molar-refractivity contribution in [3.05, 3.63) is 29.8 Å². The van der Waals surface area contributed by atoms with E-state index in [0.717, 1.165) is 12.7 Å². The molecule has 0 aliphatic heterocycles. The Morgan fingerprint density at radius 3 is 2.21 bits per heavy atom. The molecule has 0 aromatic heterocycles. The van der Waals surface area contributed by atoms with E-state index in [2.05, 4.69) is 4.74 Å². The number of rotatable bonds is 4.